The molecule has 2 aromatic heterocycles. The van der Waals surface area contributed by atoms with Crippen molar-refractivity contribution < 1.29 is 9.53 Å². The molecule has 0 fully saturated rings. The Morgan fingerprint density at radius 3 is 2.72 bits per heavy atom. The molecule has 8 heteroatoms. The van der Waals surface area contributed by atoms with Crippen LogP contribution >= 0.6 is 11.6 Å². The summed E-state index contributed by atoms with van der Waals surface area (Å²) in [7, 11) is 0. The van der Waals surface area contributed by atoms with Crippen LogP contribution in [0.1, 0.15) is 12.5 Å². The van der Waals surface area contributed by atoms with E-state index in [1.165, 1.54) is 13.3 Å². The summed E-state index contributed by atoms with van der Waals surface area (Å²) in [6, 6.07) is 16.6. The van der Waals surface area contributed by atoms with Crippen LogP contribution in [0.4, 0.5) is 11.5 Å². The second kappa shape index (κ2) is 9.77. The molecule has 0 radical (unpaired) electrons. The summed E-state index contributed by atoms with van der Waals surface area (Å²) >= 11 is 6.04. The van der Waals surface area contributed by atoms with Crippen LogP contribution < -0.4 is 15.4 Å². The van der Waals surface area contributed by atoms with Crippen molar-refractivity contribution in [1.82, 2.24) is 20.3 Å². The SMILES string of the molecule is CC(=O)NCC#Cc1ccc2ncnc(Nc3ccc(Oc4cccnc4Cl)cc3)c2c1. The Morgan fingerprint density at radius 2 is 1.94 bits per heavy atom. The average Bonchev–Trinajstić information content (AvgIpc) is 2.80. The van der Waals surface area contributed by atoms with Gasteiger partial charge in [0.05, 0.1) is 12.1 Å². The van der Waals surface area contributed by atoms with E-state index < -0.39 is 0 Å². The van der Waals surface area contributed by atoms with Crippen LogP contribution in [0.3, 0.4) is 0 Å². The Morgan fingerprint density at radius 1 is 1.09 bits per heavy atom. The van der Waals surface area contributed by atoms with Gasteiger partial charge < -0.3 is 15.4 Å². The molecule has 0 atom stereocenters. The molecule has 0 bridgehead atoms. The Hall–Kier alpha value is -4.15. The molecular formula is C24H18ClN5O2. The van der Waals surface area contributed by atoms with Crippen molar-refractivity contribution in [1.29, 1.82) is 0 Å². The molecule has 2 aromatic carbocycles. The zero-order chi connectivity index (χ0) is 22.3. The number of carbonyl (C=O) groups excluding carboxylic acids is 1. The van der Waals surface area contributed by atoms with Gasteiger partial charge in [-0.05, 0) is 54.6 Å². The van der Waals surface area contributed by atoms with Gasteiger partial charge in [0.25, 0.3) is 0 Å². The summed E-state index contributed by atoms with van der Waals surface area (Å²) in [4.78, 5) is 23.7. The van der Waals surface area contributed by atoms with E-state index in [0.717, 1.165) is 22.2 Å². The maximum absolute atomic E-state index is 11.0. The van der Waals surface area contributed by atoms with Crippen molar-refractivity contribution in [2.24, 2.45) is 0 Å². The molecule has 0 saturated carbocycles. The molecule has 0 aliphatic carbocycles. The minimum absolute atomic E-state index is 0.113. The van der Waals surface area contributed by atoms with Crippen molar-refractivity contribution in [2.45, 2.75) is 6.92 Å². The van der Waals surface area contributed by atoms with Gasteiger partial charge in [0.2, 0.25) is 5.91 Å². The van der Waals surface area contributed by atoms with Crippen molar-refractivity contribution in [2.75, 3.05) is 11.9 Å². The van der Waals surface area contributed by atoms with Crippen molar-refractivity contribution in [3.63, 3.8) is 0 Å². The van der Waals surface area contributed by atoms with Crippen molar-refractivity contribution in [3.05, 3.63) is 77.8 Å². The number of benzene rings is 2. The van der Waals surface area contributed by atoms with E-state index in [-0.39, 0.29) is 5.91 Å². The molecular weight excluding hydrogens is 426 g/mol. The molecule has 0 unspecified atom stereocenters. The molecule has 1 amide bonds. The standard InChI is InChI=1S/C24H18ClN5O2/c1-16(31)26-12-2-4-17-6-11-21-20(14-17)24(29-15-28-21)30-18-7-9-19(10-8-18)32-22-5-3-13-27-23(22)25/h3,5-11,13-15H,12H2,1H3,(H,26,31)(H,28,29,30). The van der Waals surface area contributed by atoms with E-state index in [4.69, 9.17) is 16.3 Å². The number of pyridine rings is 1. The lowest BCUT2D eigenvalue weighted by Crippen LogP contribution is -2.19. The Bertz CT molecular complexity index is 1330. The number of fused-ring (bicyclic) bond motifs is 1. The lowest BCUT2D eigenvalue weighted by molar-refractivity contribution is -0.118. The number of hydrogen-bond donors (Lipinski definition) is 2. The Kier molecular flexibility index (Phi) is 6.44. The average molecular weight is 444 g/mol. The van der Waals surface area contributed by atoms with E-state index in [0.29, 0.717) is 29.0 Å². The van der Waals surface area contributed by atoms with Crippen molar-refractivity contribution >= 4 is 39.9 Å². The normalized spacial score (nSPS) is 10.2. The van der Waals surface area contributed by atoms with Gasteiger partial charge in [0, 0.05) is 29.8 Å². The molecule has 7 nitrogen and oxygen atoms in total. The van der Waals surface area contributed by atoms with Gasteiger partial charge in [0.15, 0.2) is 10.9 Å². The molecule has 158 valence electrons. The minimum Gasteiger partial charge on any atom is -0.454 e. The molecule has 2 N–H and O–H groups in total. The van der Waals surface area contributed by atoms with Gasteiger partial charge in [-0.25, -0.2) is 15.0 Å². The summed E-state index contributed by atoms with van der Waals surface area (Å²) in [6.45, 7) is 1.75. The van der Waals surface area contributed by atoms with Gasteiger partial charge in [-0.2, -0.15) is 0 Å². The minimum atomic E-state index is -0.113. The van der Waals surface area contributed by atoms with Crippen molar-refractivity contribution in [3.8, 4) is 23.3 Å². The molecule has 0 spiro atoms. The van der Waals surface area contributed by atoms with Gasteiger partial charge >= 0.3 is 0 Å². The van der Waals surface area contributed by atoms with Crippen LogP contribution in [0.5, 0.6) is 11.5 Å². The van der Waals surface area contributed by atoms with Gasteiger partial charge in [-0.15, -0.1) is 0 Å². The second-order valence-electron chi connectivity index (χ2n) is 6.71. The monoisotopic (exact) mass is 443 g/mol. The largest absolute Gasteiger partial charge is 0.454 e. The van der Waals surface area contributed by atoms with Crippen LogP contribution in [0.15, 0.2) is 67.1 Å². The first-order valence-corrected chi connectivity index (χ1v) is 10.1. The maximum atomic E-state index is 11.0. The number of hydrogen-bond acceptors (Lipinski definition) is 6. The lowest BCUT2D eigenvalue weighted by Gasteiger charge is -2.10. The molecule has 2 heterocycles. The van der Waals surface area contributed by atoms with Gasteiger partial charge in [-0.1, -0.05) is 23.4 Å². The Labute approximate surface area is 189 Å². The molecule has 4 aromatic rings. The highest BCUT2D eigenvalue weighted by Crippen LogP contribution is 2.29. The van der Waals surface area contributed by atoms with Crippen LogP contribution in [-0.4, -0.2) is 27.4 Å². The number of amides is 1. The van der Waals surface area contributed by atoms with Crippen LogP contribution in [0, 0.1) is 11.8 Å². The second-order valence-corrected chi connectivity index (χ2v) is 7.07. The smallest absolute Gasteiger partial charge is 0.217 e. The highest BCUT2D eigenvalue weighted by atomic mass is 35.5. The summed E-state index contributed by atoms with van der Waals surface area (Å²) < 4.78 is 5.77. The van der Waals surface area contributed by atoms with E-state index in [9.17, 15) is 4.79 Å². The number of ether oxygens (including phenoxy) is 1. The molecule has 32 heavy (non-hydrogen) atoms. The molecule has 0 saturated heterocycles. The fraction of sp³-hybridized carbons (Fsp3) is 0.0833. The first-order chi connectivity index (χ1) is 15.6. The highest BCUT2D eigenvalue weighted by molar-refractivity contribution is 6.30. The fourth-order valence-electron chi connectivity index (χ4n) is 2.87. The molecule has 4 rings (SSSR count). The lowest BCUT2D eigenvalue weighted by atomic mass is 10.1. The number of carbonyl (C=O) groups is 1. The van der Waals surface area contributed by atoms with Gasteiger partial charge in [-0.3, -0.25) is 4.79 Å². The summed E-state index contributed by atoms with van der Waals surface area (Å²) in [5, 5.41) is 7.10. The maximum Gasteiger partial charge on any atom is 0.217 e. The Balaban J connectivity index is 1.52. The third-order valence-electron chi connectivity index (χ3n) is 4.36. The third kappa shape index (κ3) is 5.31. The van der Waals surface area contributed by atoms with E-state index in [1.807, 2.05) is 42.5 Å². The molecule has 0 aliphatic heterocycles. The number of nitrogens with zero attached hydrogens (tertiary/aromatic N) is 3. The predicted octanol–water partition coefficient (Wildman–Crippen LogP) is 4.70. The van der Waals surface area contributed by atoms with Crippen LogP contribution in [0.2, 0.25) is 5.15 Å². The number of nitrogens with one attached hydrogen (secondary N) is 2. The number of halogens is 1. The molecule has 0 aliphatic rings. The highest BCUT2D eigenvalue weighted by Gasteiger charge is 2.07. The van der Waals surface area contributed by atoms with Crippen LogP contribution in [-0.2, 0) is 4.79 Å². The van der Waals surface area contributed by atoms with Gasteiger partial charge in [0.1, 0.15) is 17.9 Å². The zero-order valence-electron chi connectivity index (χ0n) is 17.1. The third-order valence-corrected chi connectivity index (χ3v) is 4.65. The summed E-state index contributed by atoms with van der Waals surface area (Å²) in [5.41, 5.74) is 2.43. The number of anilines is 2. The summed E-state index contributed by atoms with van der Waals surface area (Å²) in [5.74, 6) is 7.63. The van der Waals surface area contributed by atoms with Crippen LogP contribution in [0.25, 0.3) is 10.9 Å². The van der Waals surface area contributed by atoms with E-state index in [1.54, 1.807) is 18.3 Å². The predicted molar refractivity (Wildman–Crippen MR) is 124 cm³/mol. The van der Waals surface area contributed by atoms with E-state index >= 15 is 0 Å². The first kappa shape index (κ1) is 21.1. The summed E-state index contributed by atoms with van der Waals surface area (Å²) in [6.07, 6.45) is 3.11. The fourth-order valence-corrected chi connectivity index (χ4v) is 3.02. The quantitative estimate of drug-likeness (QED) is 0.343. The topological polar surface area (TPSA) is 89.0 Å². The number of aromatic nitrogens is 3. The zero-order valence-corrected chi connectivity index (χ0v) is 17.8. The first-order valence-electron chi connectivity index (χ1n) is 9.72. The van der Waals surface area contributed by atoms with E-state index in [2.05, 4.69) is 37.4 Å². The number of rotatable bonds is 5.